The average Bonchev–Trinajstić information content (AvgIpc) is 3.08. The van der Waals surface area contributed by atoms with Gasteiger partial charge in [0.1, 0.15) is 11.5 Å². The number of aromatic amines is 1. The van der Waals surface area contributed by atoms with Crippen LogP contribution in [-0.4, -0.2) is 24.4 Å². The Hall–Kier alpha value is -2.30. The molecular weight excluding hydrogens is 396 g/mol. The number of aromatic nitrogens is 1. The first kappa shape index (κ1) is 21.0. The third-order valence-corrected chi connectivity index (χ3v) is 6.69. The van der Waals surface area contributed by atoms with Gasteiger partial charge in [-0.25, -0.2) is 0 Å². The van der Waals surface area contributed by atoms with Gasteiger partial charge in [-0.1, -0.05) is 44.2 Å². The summed E-state index contributed by atoms with van der Waals surface area (Å²) in [4.78, 5) is 16.4. The van der Waals surface area contributed by atoms with Crippen molar-refractivity contribution in [3.8, 4) is 5.75 Å². The number of carbonyl (C=O) groups excluding carboxylic acids is 1. The first-order valence-electron chi connectivity index (χ1n) is 10.4. The largest absolute Gasteiger partial charge is 0.497 e. The summed E-state index contributed by atoms with van der Waals surface area (Å²) >= 11 is 0. The number of ether oxygens (including phenoxy) is 1. The minimum atomic E-state index is -0.309. The topological polar surface area (TPSA) is 54.1 Å². The monoisotopic (exact) mass is 424 g/mol. The van der Waals surface area contributed by atoms with Crippen LogP contribution in [0.2, 0.25) is 0 Å². The minimum absolute atomic E-state index is 0. The fraction of sp³-hybridized carbons (Fsp3) is 0.400. The lowest BCUT2D eigenvalue weighted by atomic mass is 9.63. The Bertz CT molecular complexity index is 1090. The minimum Gasteiger partial charge on any atom is -0.497 e. The van der Waals surface area contributed by atoms with Crippen LogP contribution in [-0.2, 0) is 10.3 Å². The van der Waals surface area contributed by atoms with Gasteiger partial charge in [-0.15, -0.1) is 12.4 Å². The van der Waals surface area contributed by atoms with Crippen LogP contribution in [0.15, 0.2) is 48.5 Å². The van der Waals surface area contributed by atoms with Gasteiger partial charge in [0.15, 0.2) is 0 Å². The Morgan fingerprint density at radius 3 is 2.47 bits per heavy atom. The lowest BCUT2D eigenvalue weighted by Crippen LogP contribution is -2.55. The highest BCUT2D eigenvalue weighted by molar-refractivity contribution is 5.88. The third kappa shape index (κ3) is 3.32. The lowest BCUT2D eigenvalue weighted by Gasteiger charge is -2.48. The summed E-state index contributed by atoms with van der Waals surface area (Å²) in [6.45, 7) is 5.25. The Balaban J connectivity index is 0.00000218. The van der Waals surface area contributed by atoms with Gasteiger partial charge in [0.2, 0.25) is 0 Å². The molecule has 30 heavy (non-hydrogen) atoms. The molecule has 2 unspecified atom stereocenters. The summed E-state index contributed by atoms with van der Waals surface area (Å²) in [6, 6.07) is 16.9. The molecule has 1 spiro atoms. The number of nitrogens with one attached hydrogen (secondary N) is 2. The van der Waals surface area contributed by atoms with Gasteiger partial charge in [0, 0.05) is 41.9 Å². The van der Waals surface area contributed by atoms with Crippen molar-refractivity contribution < 1.29 is 9.53 Å². The first-order chi connectivity index (χ1) is 13.9. The van der Waals surface area contributed by atoms with Crippen molar-refractivity contribution in [2.24, 2.45) is 5.41 Å². The van der Waals surface area contributed by atoms with Gasteiger partial charge < -0.3 is 15.0 Å². The molecule has 2 aromatic carbocycles. The van der Waals surface area contributed by atoms with Crippen molar-refractivity contribution in [1.82, 2.24) is 10.3 Å². The van der Waals surface area contributed by atoms with Crippen molar-refractivity contribution in [3.05, 3.63) is 65.4 Å². The second-order valence-corrected chi connectivity index (χ2v) is 9.48. The Kier molecular flexibility index (Phi) is 5.19. The van der Waals surface area contributed by atoms with E-state index in [-0.39, 0.29) is 29.3 Å². The van der Waals surface area contributed by atoms with E-state index in [1.165, 1.54) is 22.2 Å². The SMILES string of the molecule is COc1ccc(C2CNC3(CC(=O)CC(C)(C)C3)c3[nH]c4ccccc4c32)cc1.Cl. The summed E-state index contributed by atoms with van der Waals surface area (Å²) in [7, 11) is 1.69. The number of rotatable bonds is 2. The average molecular weight is 425 g/mol. The Morgan fingerprint density at radius 2 is 1.77 bits per heavy atom. The van der Waals surface area contributed by atoms with E-state index in [1.54, 1.807) is 7.11 Å². The molecule has 158 valence electrons. The van der Waals surface area contributed by atoms with E-state index in [0.717, 1.165) is 24.2 Å². The molecule has 1 fully saturated rings. The van der Waals surface area contributed by atoms with Crippen LogP contribution in [0, 0.1) is 5.41 Å². The van der Waals surface area contributed by atoms with E-state index < -0.39 is 0 Å². The number of Topliss-reactive ketones (excluding diaryl/α,β-unsaturated/α-hetero) is 1. The molecule has 2 N–H and O–H groups in total. The summed E-state index contributed by atoms with van der Waals surface area (Å²) in [5.41, 5.74) is 4.64. The highest BCUT2D eigenvalue weighted by Gasteiger charge is 2.49. The van der Waals surface area contributed by atoms with Crippen LogP contribution in [0.25, 0.3) is 10.9 Å². The molecule has 0 radical (unpaired) electrons. The molecule has 2 aliphatic rings. The zero-order valence-electron chi connectivity index (χ0n) is 17.7. The number of ketones is 1. The fourth-order valence-electron chi connectivity index (χ4n) is 5.69. The van der Waals surface area contributed by atoms with Crippen LogP contribution in [0.5, 0.6) is 5.75 Å². The zero-order valence-corrected chi connectivity index (χ0v) is 18.6. The number of H-pyrrole nitrogens is 1. The van der Waals surface area contributed by atoms with Crippen molar-refractivity contribution in [2.75, 3.05) is 13.7 Å². The number of carbonyl (C=O) groups is 1. The second-order valence-electron chi connectivity index (χ2n) is 9.48. The van der Waals surface area contributed by atoms with Crippen LogP contribution in [0.1, 0.15) is 55.8 Å². The maximum absolute atomic E-state index is 12.7. The molecule has 1 aliphatic heterocycles. The van der Waals surface area contributed by atoms with Crippen LogP contribution < -0.4 is 10.1 Å². The predicted octanol–water partition coefficient (Wildman–Crippen LogP) is 5.31. The van der Waals surface area contributed by atoms with Crippen LogP contribution in [0.3, 0.4) is 0 Å². The summed E-state index contributed by atoms with van der Waals surface area (Å²) in [5, 5.41) is 5.10. The predicted molar refractivity (Wildman–Crippen MR) is 123 cm³/mol. The molecule has 2 heterocycles. The van der Waals surface area contributed by atoms with E-state index in [4.69, 9.17) is 4.74 Å². The van der Waals surface area contributed by atoms with Crippen molar-refractivity contribution >= 4 is 29.1 Å². The van der Waals surface area contributed by atoms with Gasteiger partial charge in [-0.05, 0) is 41.2 Å². The molecule has 5 rings (SSSR count). The molecule has 1 aliphatic carbocycles. The number of methoxy groups -OCH3 is 1. The number of benzene rings is 2. The quantitative estimate of drug-likeness (QED) is 0.586. The summed E-state index contributed by atoms with van der Waals surface area (Å²) in [5.74, 6) is 1.45. The maximum Gasteiger partial charge on any atom is 0.135 e. The second kappa shape index (κ2) is 7.44. The van der Waals surface area contributed by atoms with Gasteiger partial charge in [0.25, 0.3) is 0 Å². The van der Waals surface area contributed by atoms with Crippen LogP contribution in [0.4, 0.5) is 0 Å². The van der Waals surface area contributed by atoms with E-state index in [0.29, 0.717) is 18.6 Å². The number of hydrogen-bond donors (Lipinski definition) is 2. The van der Waals surface area contributed by atoms with Crippen LogP contribution >= 0.6 is 12.4 Å². The van der Waals surface area contributed by atoms with E-state index in [1.807, 2.05) is 12.1 Å². The molecule has 5 heteroatoms. The molecule has 4 nitrogen and oxygen atoms in total. The third-order valence-electron chi connectivity index (χ3n) is 6.69. The van der Waals surface area contributed by atoms with Crippen molar-refractivity contribution in [3.63, 3.8) is 0 Å². The number of para-hydroxylation sites is 1. The lowest BCUT2D eigenvalue weighted by molar-refractivity contribution is -0.126. The number of hydrogen-bond acceptors (Lipinski definition) is 3. The number of fused-ring (bicyclic) bond motifs is 4. The zero-order chi connectivity index (χ0) is 20.2. The Labute approximate surface area is 183 Å². The first-order valence-corrected chi connectivity index (χ1v) is 10.4. The fourth-order valence-corrected chi connectivity index (χ4v) is 5.69. The molecular formula is C25H29ClN2O2. The highest BCUT2D eigenvalue weighted by atomic mass is 35.5. The highest BCUT2D eigenvalue weighted by Crippen LogP contribution is 2.51. The summed E-state index contributed by atoms with van der Waals surface area (Å²) in [6.07, 6.45) is 2.18. The smallest absolute Gasteiger partial charge is 0.135 e. The molecule has 0 amide bonds. The van der Waals surface area contributed by atoms with Gasteiger partial charge in [-0.3, -0.25) is 4.79 Å². The molecule has 2 atom stereocenters. The standard InChI is InChI=1S/C25H28N2O2.ClH/c1-24(2)12-17(28)13-25(15-24)23-22(19-6-4-5-7-21(19)27-23)20(14-26-25)16-8-10-18(29-3)11-9-16;/h4-11,20,26-27H,12-15H2,1-3H3;1H. The van der Waals surface area contributed by atoms with Crippen molar-refractivity contribution in [2.45, 2.75) is 44.6 Å². The molecule has 0 saturated heterocycles. The van der Waals surface area contributed by atoms with E-state index >= 15 is 0 Å². The number of halogens is 1. The summed E-state index contributed by atoms with van der Waals surface area (Å²) < 4.78 is 5.35. The van der Waals surface area contributed by atoms with Crippen molar-refractivity contribution in [1.29, 1.82) is 0 Å². The molecule has 0 bridgehead atoms. The normalized spacial score (nSPS) is 25.0. The molecule has 1 aromatic heterocycles. The van der Waals surface area contributed by atoms with E-state index in [9.17, 15) is 4.79 Å². The Morgan fingerprint density at radius 1 is 1.03 bits per heavy atom. The van der Waals surface area contributed by atoms with Gasteiger partial charge in [0.05, 0.1) is 12.6 Å². The van der Waals surface area contributed by atoms with Gasteiger partial charge in [-0.2, -0.15) is 0 Å². The molecule has 1 saturated carbocycles. The maximum atomic E-state index is 12.7. The molecule has 3 aromatic rings. The van der Waals surface area contributed by atoms with Gasteiger partial charge >= 0.3 is 0 Å². The van der Waals surface area contributed by atoms with E-state index in [2.05, 4.69) is 60.5 Å².